The quantitative estimate of drug-likeness (QED) is 0.692. The maximum atomic E-state index is 12.2. The molecule has 2 aliphatic heterocycles. The van der Waals surface area contributed by atoms with E-state index in [4.69, 9.17) is 15.4 Å². The van der Waals surface area contributed by atoms with Gasteiger partial charge in [0.25, 0.3) is 0 Å². The molecular weight excluding hydrogens is 344 g/mol. The zero-order valence-electron chi connectivity index (χ0n) is 13.6. The van der Waals surface area contributed by atoms with Crippen molar-refractivity contribution in [1.29, 1.82) is 0 Å². The molecule has 2 amide bonds. The summed E-state index contributed by atoms with van der Waals surface area (Å²) in [6, 6.07) is -0.188. The Bertz CT molecular complexity index is 586. The van der Waals surface area contributed by atoms with Crippen LogP contribution in [0.5, 0.6) is 0 Å². The molecule has 0 aromatic carbocycles. The van der Waals surface area contributed by atoms with E-state index in [2.05, 4.69) is 0 Å². The fraction of sp³-hybridized carbons (Fsp3) is 0.857. The van der Waals surface area contributed by atoms with Crippen LogP contribution in [0.4, 0.5) is 4.79 Å². The molecule has 0 spiro atoms. The number of halogens is 1. The predicted octanol–water partition coefficient (Wildman–Crippen LogP) is 1.56. The number of piperidine rings is 1. The molecule has 2 fully saturated rings. The number of hydrogen-bond donors (Lipinski definition) is 0. The zero-order valence-corrected chi connectivity index (χ0v) is 15.2. The average Bonchev–Trinajstić information content (AvgIpc) is 2.79. The Morgan fingerprint density at radius 3 is 2.48 bits per heavy atom. The summed E-state index contributed by atoms with van der Waals surface area (Å²) in [5, 5.41) is -0.867. The van der Waals surface area contributed by atoms with E-state index < -0.39 is 26.0 Å². The lowest BCUT2D eigenvalue weighted by atomic mass is 10.0. The summed E-state index contributed by atoms with van der Waals surface area (Å²) in [7, 11) is 1.61. The van der Waals surface area contributed by atoms with Crippen LogP contribution in [0.3, 0.4) is 0 Å². The number of amides is 2. The Morgan fingerprint density at radius 2 is 1.96 bits per heavy atom. The van der Waals surface area contributed by atoms with E-state index in [-0.39, 0.29) is 24.9 Å². The van der Waals surface area contributed by atoms with Gasteiger partial charge in [0.1, 0.15) is 10.9 Å². The second-order valence-electron chi connectivity index (χ2n) is 7.07. The van der Waals surface area contributed by atoms with Gasteiger partial charge in [0, 0.05) is 42.8 Å². The maximum absolute atomic E-state index is 12.2. The van der Waals surface area contributed by atoms with E-state index in [1.54, 1.807) is 30.6 Å². The highest BCUT2D eigenvalue weighted by molar-refractivity contribution is 8.14. The first-order chi connectivity index (χ1) is 10.5. The second kappa shape index (κ2) is 6.47. The van der Waals surface area contributed by atoms with Crippen molar-refractivity contribution in [1.82, 2.24) is 9.80 Å². The van der Waals surface area contributed by atoms with Gasteiger partial charge >= 0.3 is 6.09 Å². The topological polar surface area (TPSA) is 84.0 Å². The predicted molar refractivity (Wildman–Crippen MR) is 85.7 cm³/mol. The standard InChI is InChI=1S/C14H23ClN2O5S/c1-14(2,3)22-13(19)16-6-4-5-10(8-16)17-9-11(7-12(17)18)23(15,20)21/h10-11H,4-9H2,1-3H3/t10-,11?/m1/s1. The van der Waals surface area contributed by atoms with Gasteiger partial charge in [-0.15, -0.1) is 0 Å². The van der Waals surface area contributed by atoms with Gasteiger partial charge in [-0.25, -0.2) is 13.2 Å². The molecule has 0 N–H and O–H groups in total. The molecule has 0 aliphatic carbocycles. The van der Waals surface area contributed by atoms with Crippen molar-refractivity contribution in [3.05, 3.63) is 0 Å². The van der Waals surface area contributed by atoms with Crippen molar-refractivity contribution in [2.75, 3.05) is 19.6 Å². The zero-order chi connectivity index (χ0) is 17.4. The smallest absolute Gasteiger partial charge is 0.410 e. The Morgan fingerprint density at radius 1 is 1.30 bits per heavy atom. The summed E-state index contributed by atoms with van der Waals surface area (Å²) in [6.45, 7) is 6.42. The van der Waals surface area contributed by atoms with E-state index in [1.165, 1.54) is 0 Å². The van der Waals surface area contributed by atoms with Crippen LogP contribution in [0.15, 0.2) is 0 Å². The number of carbonyl (C=O) groups excluding carboxylic acids is 2. The molecule has 2 aliphatic rings. The first-order valence-corrected chi connectivity index (χ1v) is 10.1. The van der Waals surface area contributed by atoms with Crippen LogP contribution in [0.25, 0.3) is 0 Å². The van der Waals surface area contributed by atoms with Crippen molar-refractivity contribution in [2.24, 2.45) is 0 Å². The lowest BCUT2D eigenvalue weighted by molar-refractivity contribution is -0.130. The summed E-state index contributed by atoms with van der Waals surface area (Å²) in [6.07, 6.45) is 0.983. The Hall–Kier alpha value is -1.02. The summed E-state index contributed by atoms with van der Waals surface area (Å²) >= 11 is 0. The molecule has 0 saturated carbocycles. The SMILES string of the molecule is CC(C)(C)OC(=O)N1CCC[C@@H](N2CC(S(=O)(=O)Cl)CC2=O)C1. The normalized spacial score (nSPS) is 26.5. The Kier molecular flexibility index (Phi) is 5.15. The van der Waals surface area contributed by atoms with Gasteiger partial charge in [-0.2, -0.15) is 0 Å². The van der Waals surface area contributed by atoms with Crippen molar-refractivity contribution >= 4 is 31.7 Å². The van der Waals surface area contributed by atoms with E-state index in [9.17, 15) is 18.0 Å². The van der Waals surface area contributed by atoms with Crippen molar-refractivity contribution < 1.29 is 22.7 Å². The van der Waals surface area contributed by atoms with Crippen LogP contribution in [-0.2, 0) is 18.6 Å². The van der Waals surface area contributed by atoms with Crippen LogP contribution in [0.2, 0.25) is 0 Å². The highest BCUT2D eigenvalue weighted by Crippen LogP contribution is 2.27. The first-order valence-electron chi connectivity index (χ1n) is 7.68. The van der Waals surface area contributed by atoms with Crippen molar-refractivity contribution in [3.63, 3.8) is 0 Å². The lowest BCUT2D eigenvalue weighted by Gasteiger charge is -2.38. The number of ether oxygens (including phenoxy) is 1. The maximum Gasteiger partial charge on any atom is 0.410 e. The summed E-state index contributed by atoms with van der Waals surface area (Å²) in [5.74, 6) is -0.227. The van der Waals surface area contributed by atoms with Crippen LogP contribution < -0.4 is 0 Å². The largest absolute Gasteiger partial charge is 0.444 e. The van der Waals surface area contributed by atoms with Crippen LogP contribution >= 0.6 is 10.7 Å². The molecule has 132 valence electrons. The molecule has 23 heavy (non-hydrogen) atoms. The van der Waals surface area contributed by atoms with E-state index in [0.29, 0.717) is 13.1 Å². The third kappa shape index (κ3) is 4.73. The number of carbonyl (C=O) groups is 2. The highest BCUT2D eigenvalue weighted by Gasteiger charge is 2.42. The molecule has 2 atom stereocenters. The van der Waals surface area contributed by atoms with Gasteiger partial charge in [-0.05, 0) is 33.6 Å². The van der Waals surface area contributed by atoms with E-state index >= 15 is 0 Å². The number of hydrogen-bond acceptors (Lipinski definition) is 5. The molecule has 2 heterocycles. The summed E-state index contributed by atoms with van der Waals surface area (Å²) < 4.78 is 28.2. The summed E-state index contributed by atoms with van der Waals surface area (Å²) in [4.78, 5) is 27.4. The van der Waals surface area contributed by atoms with Crippen LogP contribution in [0.1, 0.15) is 40.0 Å². The number of rotatable bonds is 2. The van der Waals surface area contributed by atoms with Gasteiger partial charge in [-0.1, -0.05) is 0 Å². The van der Waals surface area contributed by atoms with Gasteiger partial charge in [0.05, 0.1) is 0 Å². The molecule has 2 saturated heterocycles. The van der Waals surface area contributed by atoms with Gasteiger partial charge in [0.2, 0.25) is 15.0 Å². The third-order valence-electron chi connectivity index (χ3n) is 4.01. The minimum absolute atomic E-state index is 0.0885. The van der Waals surface area contributed by atoms with Gasteiger partial charge < -0.3 is 14.5 Å². The molecule has 9 heteroatoms. The minimum Gasteiger partial charge on any atom is -0.444 e. The summed E-state index contributed by atoms with van der Waals surface area (Å²) in [5.41, 5.74) is -0.578. The van der Waals surface area contributed by atoms with Crippen molar-refractivity contribution in [2.45, 2.75) is 56.9 Å². The third-order valence-corrected chi connectivity index (χ3v) is 5.88. The fourth-order valence-corrected chi connectivity index (χ4v) is 3.98. The number of likely N-dealkylation sites (tertiary alicyclic amines) is 2. The number of nitrogens with zero attached hydrogens (tertiary/aromatic N) is 2. The highest BCUT2D eigenvalue weighted by atomic mass is 35.7. The Balaban J connectivity index is 2.01. The molecule has 1 unspecified atom stereocenters. The van der Waals surface area contributed by atoms with E-state index in [1.807, 2.05) is 0 Å². The van der Waals surface area contributed by atoms with Gasteiger partial charge in [0.15, 0.2) is 0 Å². The molecule has 0 radical (unpaired) electrons. The first kappa shape index (κ1) is 18.3. The molecule has 7 nitrogen and oxygen atoms in total. The van der Waals surface area contributed by atoms with Gasteiger partial charge in [-0.3, -0.25) is 4.79 Å². The molecule has 0 bridgehead atoms. The monoisotopic (exact) mass is 366 g/mol. The molecular formula is C14H23ClN2O5S. The lowest BCUT2D eigenvalue weighted by Crippen LogP contribution is -2.51. The second-order valence-corrected chi connectivity index (χ2v) is 9.98. The minimum atomic E-state index is -3.76. The molecule has 2 rings (SSSR count). The van der Waals surface area contributed by atoms with Crippen LogP contribution in [0, 0.1) is 0 Å². The average molecular weight is 367 g/mol. The fourth-order valence-electron chi connectivity index (χ4n) is 2.94. The Labute approximate surface area is 141 Å². The van der Waals surface area contributed by atoms with E-state index in [0.717, 1.165) is 12.8 Å². The van der Waals surface area contributed by atoms with Crippen molar-refractivity contribution in [3.8, 4) is 0 Å². The van der Waals surface area contributed by atoms with Crippen LogP contribution in [-0.4, -0.2) is 66.7 Å². The molecule has 0 aromatic heterocycles. The molecule has 0 aromatic rings.